The Hall–Kier alpha value is -2.24. The molecule has 1 fully saturated rings. The molecule has 1 aliphatic rings. The lowest BCUT2D eigenvalue weighted by atomic mass is 10.3. The number of nitrogens with one attached hydrogen (secondary N) is 2. The first-order valence-corrected chi connectivity index (χ1v) is 7.01. The van der Waals surface area contributed by atoms with Crippen LogP contribution in [0.4, 0.5) is 26.1 Å². The monoisotopic (exact) mass is 290 g/mol. The Morgan fingerprint density at radius 3 is 2.67 bits per heavy atom. The highest BCUT2D eigenvalue weighted by molar-refractivity contribution is 5.60. The molecule has 0 spiro atoms. The molecule has 1 saturated carbocycles. The van der Waals surface area contributed by atoms with E-state index < -0.39 is 11.6 Å². The van der Waals surface area contributed by atoms with Gasteiger partial charge in [0.1, 0.15) is 17.5 Å². The number of anilines is 3. The van der Waals surface area contributed by atoms with Crippen LogP contribution in [0, 0.1) is 11.6 Å². The Morgan fingerprint density at radius 2 is 1.95 bits per heavy atom. The van der Waals surface area contributed by atoms with Gasteiger partial charge in [0, 0.05) is 18.5 Å². The van der Waals surface area contributed by atoms with E-state index >= 15 is 0 Å². The number of hydrogen-bond donors (Lipinski definition) is 2. The van der Waals surface area contributed by atoms with Crippen molar-refractivity contribution >= 4 is 17.3 Å². The lowest BCUT2D eigenvalue weighted by molar-refractivity contribution is 0.511. The minimum absolute atomic E-state index is 0.0675. The third kappa shape index (κ3) is 3.09. The molecule has 0 saturated heterocycles. The van der Waals surface area contributed by atoms with Crippen molar-refractivity contribution in [2.45, 2.75) is 25.7 Å². The van der Waals surface area contributed by atoms with Crippen LogP contribution < -0.4 is 10.6 Å². The van der Waals surface area contributed by atoms with Crippen molar-refractivity contribution in [2.24, 2.45) is 0 Å². The highest BCUT2D eigenvalue weighted by Crippen LogP contribution is 2.39. The van der Waals surface area contributed by atoms with Crippen LogP contribution in [-0.2, 0) is 0 Å². The highest BCUT2D eigenvalue weighted by Gasteiger charge is 2.27. The average Bonchev–Trinajstić information content (AvgIpc) is 3.29. The molecule has 1 heterocycles. The SMILES string of the molecule is CCNc1cc(Nc2cccc(F)c2F)nc(C2CC2)n1. The molecule has 4 nitrogen and oxygen atoms in total. The first kappa shape index (κ1) is 13.7. The van der Waals surface area contributed by atoms with Gasteiger partial charge >= 0.3 is 0 Å². The molecule has 21 heavy (non-hydrogen) atoms. The zero-order chi connectivity index (χ0) is 14.8. The van der Waals surface area contributed by atoms with Gasteiger partial charge in [0.2, 0.25) is 0 Å². The van der Waals surface area contributed by atoms with Crippen LogP contribution in [0.25, 0.3) is 0 Å². The van der Waals surface area contributed by atoms with E-state index in [1.54, 1.807) is 6.07 Å². The molecular weight excluding hydrogens is 274 g/mol. The van der Waals surface area contributed by atoms with Gasteiger partial charge in [-0.3, -0.25) is 0 Å². The van der Waals surface area contributed by atoms with Crippen molar-refractivity contribution in [1.82, 2.24) is 9.97 Å². The second-order valence-corrected chi connectivity index (χ2v) is 5.03. The largest absolute Gasteiger partial charge is 0.370 e. The number of aromatic nitrogens is 2. The molecule has 0 bridgehead atoms. The molecule has 0 atom stereocenters. The molecule has 2 aromatic rings. The second-order valence-electron chi connectivity index (χ2n) is 5.03. The van der Waals surface area contributed by atoms with Crippen molar-refractivity contribution in [3.05, 3.63) is 41.7 Å². The van der Waals surface area contributed by atoms with Gasteiger partial charge in [-0.15, -0.1) is 0 Å². The summed E-state index contributed by atoms with van der Waals surface area (Å²) in [6, 6.07) is 5.71. The lowest BCUT2D eigenvalue weighted by Gasteiger charge is -2.11. The van der Waals surface area contributed by atoms with Gasteiger partial charge < -0.3 is 10.6 Å². The van der Waals surface area contributed by atoms with Crippen LogP contribution in [0.15, 0.2) is 24.3 Å². The van der Waals surface area contributed by atoms with E-state index in [1.165, 1.54) is 12.1 Å². The molecule has 3 rings (SSSR count). The average molecular weight is 290 g/mol. The van der Waals surface area contributed by atoms with Gasteiger partial charge in [-0.05, 0) is 31.9 Å². The Kier molecular flexibility index (Phi) is 3.68. The topological polar surface area (TPSA) is 49.8 Å². The van der Waals surface area contributed by atoms with Crippen molar-refractivity contribution in [3.63, 3.8) is 0 Å². The molecule has 110 valence electrons. The van der Waals surface area contributed by atoms with Crippen LogP contribution in [0.3, 0.4) is 0 Å². The maximum Gasteiger partial charge on any atom is 0.182 e. The summed E-state index contributed by atoms with van der Waals surface area (Å²) in [6.07, 6.45) is 2.15. The molecule has 0 aliphatic heterocycles. The van der Waals surface area contributed by atoms with E-state index in [4.69, 9.17) is 0 Å². The van der Waals surface area contributed by atoms with Gasteiger partial charge in [0.25, 0.3) is 0 Å². The molecule has 6 heteroatoms. The molecule has 0 unspecified atom stereocenters. The van der Waals surface area contributed by atoms with E-state index in [1.807, 2.05) is 6.92 Å². The summed E-state index contributed by atoms with van der Waals surface area (Å²) < 4.78 is 27.0. The zero-order valence-electron chi connectivity index (χ0n) is 11.7. The number of rotatable bonds is 5. The quantitative estimate of drug-likeness (QED) is 0.879. The summed E-state index contributed by atoms with van der Waals surface area (Å²) in [6.45, 7) is 2.70. The molecule has 1 aromatic carbocycles. The standard InChI is InChI=1S/C15H16F2N4/c1-2-18-12-8-13(21-15(20-12)9-6-7-9)19-11-5-3-4-10(16)14(11)17/h3-5,8-9H,2,6-7H2,1H3,(H2,18,19,20,21). The Morgan fingerprint density at radius 1 is 1.19 bits per heavy atom. The summed E-state index contributed by atoms with van der Waals surface area (Å²) in [4.78, 5) is 8.83. The summed E-state index contributed by atoms with van der Waals surface area (Å²) in [5.74, 6) is 0.479. The fourth-order valence-corrected chi connectivity index (χ4v) is 2.06. The maximum atomic E-state index is 13.7. The van der Waals surface area contributed by atoms with E-state index in [0.717, 1.165) is 31.3 Å². The summed E-state index contributed by atoms with van der Waals surface area (Å²) >= 11 is 0. The third-order valence-electron chi connectivity index (χ3n) is 3.26. The number of hydrogen-bond acceptors (Lipinski definition) is 4. The highest BCUT2D eigenvalue weighted by atomic mass is 19.2. The van der Waals surface area contributed by atoms with E-state index in [-0.39, 0.29) is 5.69 Å². The molecule has 1 aliphatic carbocycles. The number of benzene rings is 1. The predicted octanol–water partition coefficient (Wildman–Crippen LogP) is 3.81. The Balaban J connectivity index is 1.91. The van der Waals surface area contributed by atoms with Gasteiger partial charge in [-0.2, -0.15) is 0 Å². The van der Waals surface area contributed by atoms with Crippen molar-refractivity contribution < 1.29 is 8.78 Å². The van der Waals surface area contributed by atoms with Crippen LogP contribution in [-0.4, -0.2) is 16.5 Å². The van der Waals surface area contributed by atoms with Crippen molar-refractivity contribution in [2.75, 3.05) is 17.2 Å². The normalized spacial score (nSPS) is 14.0. The number of halogens is 2. The smallest absolute Gasteiger partial charge is 0.182 e. The second kappa shape index (κ2) is 5.63. The molecule has 1 aromatic heterocycles. The summed E-state index contributed by atoms with van der Waals surface area (Å²) in [7, 11) is 0. The third-order valence-corrected chi connectivity index (χ3v) is 3.26. The summed E-state index contributed by atoms with van der Waals surface area (Å²) in [5.41, 5.74) is 0.0675. The van der Waals surface area contributed by atoms with Gasteiger partial charge in [-0.25, -0.2) is 18.7 Å². The van der Waals surface area contributed by atoms with Gasteiger partial charge in [0.05, 0.1) is 5.69 Å². The Bertz CT molecular complexity index is 656. The van der Waals surface area contributed by atoms with Crippen molar-refractivity contribution in [3.8, 4) is 0 Å². The minimum atomic E-state index is -0.908. The fourth-order valence-electron chi connectivity index (χ4n) is 2.06. The predicted molar refractivity (Wildman–Crippen MR) is 77.8 cm³/mol. The van der Waals surface area contributed by atoms with E-state index in [2.05, 4.69) is 20.6 Å². The van der Waals surface area contributed by atoms with Crippen LogP contribution >= 0.6 is 0 Å². The first-order valence-electron chi connectivity index (χ1n) is 7.01. The van der Waals surface area contributed by atoms with Gasteiger partial charge in [0.15, 0.2) is 11.6 Å². The minimum Gasteiger partial charge on any atom is -0.370 e. The lowest BCUT2D eigenvalue weighted by Crippen LogP contribution is -2.06. The molecule has 2 N–H and O–H groups in total. The van der Waals surface area contributed by atoms with Crippen LogP contribution in [0.1, 0.15) is 31.5 Å². The van der Waals surface area contributed by atoms with Crippen LogP contribution in [0.2, 0.25) is 0 Å². The maximum absolute atomic E-state index is 13.7. The fraction of sp³-hybridized carbons (Fsp3) is 0.333. The van der Waals surface area contributed by atoms with Gasteiger partial charge in [-0.1, -0.05) is 6.07 Å². The van der Waals surface area contributed by atoms with E-state index in [0.29, 0.717) is 17.6 Å². The molecule has 0 amide bonds. The number of nitrogens with zero attached hydrogens (tertiary/aromatic N) is 2. The first-order chi connectivity index (χ1) is 10.2. The van der Waals surface area contributed by atoms with Crippen molar-refractivity contribution in [1.29, 1.82) is 0 Å². The molecule has 0 radical (unpaired) electrons. The van der Waals surface area contributed by atoms with E-state index in [9.17, 15) is 8.78 Å². The molecular formula is C15H16F2N4. The summed E-state index contributed by atoms with van der Waals surface area (Å²) in [5, 5.41) is 5.95. The zero-order valence-corrected chi connectivity index (χ0v) is 11.7. The Labute approximate surface area is 121 Å². The van der Waals surface area contributed by atoms with Crippen LogP contribution in [0.5, 0.6) is 0 Å².